The van der Waals surface area contributed by atoms with E-state index in [0.717, 1.165) is 11.7 Å². The van der Waals surface area contributed by atoms with Crippen molar-refractivity contribution in [3.8, 4) is 0 Å². The quantitative estimate of drug-likeness (QED) is 0.828. The lowest BCUT2D eigenvalue weighted by Crippen LogP contribution is -2.21. The minimum Gasteiger partial charge on any atom is -0.379 e. The highest BCUT2D eigenvalue weighted by Gasteiger charge is 2.17. The normalized spacial score (nSPS) is 24.4. The molecule has 2 atom stereocenters. The molecule has 1 aliphatic carbocycles. The summed E-state index contributed by atoms with van der Waals surface area (Å²) in [5.74, 6) is 1.92. The number of aromatic nitrogens is 1. The fourth-order valence-electron chi connectivity index (χ4n) is 2.72. The van der Waals surface area contributed by atoms with Crippen molar-refractivity contribution in [1.82, 2.24) is 4.98 Å². The first-order valence-corrected chi connectivity index (χ1v) is 7.05. The summed E-state index contributed by atoms with van der Waals surface area (Å²) in [4.78, 5) is 6.52. The van der Waals surface area contributed by atoms with Crippen LogP contribution in [0.2, 0.25) is 0 Å². The second-order valence-corrected chi connectivity index (χ2v) is 5.72. The standard InChI is InChI=1S/C15H25N3/c1-12-6-4-7-13(10-9-12)17-14-8-5-11-16-15(14)18(2)3/h5,8,11-13,17H,4,6-7,9-10H2,1-3H3. The number of rotatable bonds is 3. The van der Waals surface area contributed by atoms with Gasteiger partial charge in [0.2, 0.25) is 0 Å². The molecule has 2 unspecified atom stereocenters. The largest absolute Gasteiger partial charge is 0.379 e. The number of pyridine rings is 1. The van der Waals surface area contributed by atoms with E-state index in [0.29, 0.717) is 6.04 Å². The Hall–Kier alpha value is -1.25. The molecule has 1 saturated carbocycles. The maximum atomic E-state index is 4.45. The predicted octanol–water partition coefficient (Wildman–Crippen LogP) is 3.53. The first-order chi connectivity index (χ1) is 8.66. The lowest BCUT2D eigenvalue weighted by Gasteiger charge is -2.22. The van der Waals surface area contributed by atoms with Crippen molar-refractivity contribution in [2.75, 3.05) is 24.3 Å². The Morgan fingerprint density at radius 1 is 1.22 bits per heavy atom. The smallest absolute Gasteiger partial charge is 0.151 e. The van der Waals surface area contributed by atoms with E-state index < -0.39 is 0 Å². The first kappa shape index (κ1) is 13.2. The van der Waals surface area contributed by atoms with Crippen molar-refractivity contribution in [1.29, 1.82) is 0 Å². The van der Waals surface area contributed by atoms with Gasteiger partial charge in [0.1, 0.15) is 0 Å². The summed E-state index contributed by atoms with van der Waals surface area (Å²) in [5, 5.41) is 3.69. The molecular formula is C15H25N3. The summed E-state index contributed by atoms with van der Waals surface area (Å²) in [6.45, 7) is 2.37. The number of anilines is 2. The van der Waals surface area contributed by atoms with E-state index in [-0.39, 0.29) is 0 Å². The molecule has 1 N–H and O–H groups in total. The van der Waals surface area contributed by atoms with Gasteiger partial charge < -0.3 is 10.2 Å². The van der Waals surface area contributed by atoms with Gasteiger partial charge in [-0.3, -0.25) is 0 Å². The van der Waals surface area contributed by atoms with E-state index in [1.165, 1.54) is 37.8 Å². The average Bonchev–Trinajstić information content (AvgIpc) is 2.55. The van der Waals surface area contributed by atoms with Crippen LogP contribution in [0.1, 0.15) is 39.0 Å². The number of hydrogen-bond acceptors (Lipinski definition) is 3. The fourth-order valence-corrected chi connectivity index (χ4v) is 2.72. The topological polar surface area (TPSA) is 28.2 Å². The second kappa shape index (κ2) is 6.07. The Morgan fingerprint density at radius 2 is 2.06 bits per heavy atom. The Labute approximate surface area is 111 Å². The molecule has 0 spiro atoms. The average molecular weight is 247 g/mol. The predicted molar refractivity (Wildman–Crippen MR) is 78.2 cm³/mol. The van der Waals surface area contributed by atoms with Crippen LogP contribution in [0.15, 0.2) is 18.3 Å². The highest BCUT2D eigenvalue weighted by atomic mass is 15.2. The minimum absolute atomic E-state index is 0.609. The van der Waals surface area contributed by atoms with E-state index in [2.05, 4.69) is 28.2 Å². The van der Waals surface area contributed by atoms with Crippen LogP contribution in [0.4, 0.5) is 11.5 Å². The number of nitrogens with zero attached hydrogens (tertiary/aromatic N) is 2. The van der Waals surface area contributed by atoms with Crippen molar-refractivity contribution < 1.29 is 0 Å². The van der Waals surface area contributed by atoms with E-state index in [9.17, 15) is 0 Å². The molecule has 1 aliphatic rings. The number of nitrogens with one attached hydrogen (secondary N) is 1. The molecule has 3 nitrogen and oxygen atoms in total. The molecule has 1 heterocycles. The van der Waals surface area contributed by atoms with E-state index in [1.54, 1.807) is 0 Å². The molecule has 1 aromatic rings. The summed E-state index contributed by atoms with van der Waals surface area (Å²) >= 11 is 0. The van der Waals surface area contributed by atoms with Gasteiger partial charge >= 0.3 is 0 Å². The molecule has 100 valence electrons. The molecule has 3 heteroatoms. The van der Waals surface area contributed by atoms with Gasteiger partial charge in [0.15, 0.2) is 5.82 Å². The van der Waals surface area contributed by atoms with Gasteiger partial charge in [-0.1, -0.05) is 19.8 Å². The Morgan fingerprint density at radius 3 is 2.83 bits per heavy atom. The van der Waals surface area contributed by atoms with Crippen LogP contribution in [0.5, 0.6) is 0 Å². The zero-order chi connectivity index (χ0) is 13.0. The molecule has 1 aromatic heterocycles. The third-order valence-corrected chi connectivity index (χ3v) is 3.83. The molecule has 2 rings (SSSR count). The van der Waals surface area contributed by atoms with Crippen LogP contribution < -0.4 is 10.2 Å². The van der Waals surface area contributed by atoms with Gasteiger partial charge in [0, 0.05) is 26.3 Å². The Kier molecular flexibility index (Phi) is 4.45. The molecule has 0 bridgehead atoms. The van der Waals surface area contributed by atoms with Gasteiger partial charge in [-0.25, -0.2) is 4.98 Å². The van der Waals surface area contributed by atoms with Gasteiger partial charge in [0.05, 0.1) is 5.69 Å². The van der Waals surface area contributed by atoms with Crippen molar-refractivity contribution in [3.05, 3.63) is 18.3 Å². The molecule has 0 saturated heterocycles. The summed E-state index contributed by atoms with van der Waals surface area (Å²) < 4.78 is 0. The zero-order valence-electron chi connectivity index (χ0n) is 11.8. The van der Waals surface area contributed by atoms with Crippen LogP contribution in [-0.4, -0.2) is 25.1 Å². The summed E-state index contributed by atoms with van der Waals surface area (Å²) in [7, 11) is 4.09. The highest BCUT2D eigenvalue weighted by Crippen LogP contribution is 2.27. The zero-order valence-corrected chi connectivity index (χ0v) is 11.8. The van der Waals surface area contributed by atoms with Crippen LogP contribution in [0.25, 0.3) is 0 Å². The monoisotopic (exact) mass is 247 g/mol. The molecule has 0 amide bonds. The van der Waals surface area contributed by atoms with Crippen LogP contribution in [0.3, 0.4) is 0 Å². The number of hydrogen-bond donors (Lipinski definition) is 1. The van der Waals surface area contributed by atoms with Gasteiger partial charge in [-0.15, -0.1) is 0 Å². The highest BCUT2D eigenvalue weighted by molar-refractivity contribution is 5.65. The van der Waals surface area contributed by atoms with Crippen molar-refractivity contribution in [2.45, 2.75) is 45.1 Å². The summed E-state index contributed by atoms with van der Waals surface area (Å²) in [6.07, 6.45) is 8.49. The molecule has 0 aromatic carbocycles. The Balaban J connectivity index is 2.04. The van der Waals surface area contributed by atoms with Gasteiger partial charge in [-0.2, -0.15) is 0 Å². The van der Waals surface area contributed by atoms with Crippen LogP contribution in [0, 0.1) is 5.92 Å². The molecular weight excluding hydrogens is 222 g/mol. The lowest BCUT2D eigenvalue weighted by molar-refractivity contribution is 0.502. The molecule has 18 heavy (non-hydrogen) atoms. The van der Waals surface area contributed by atoms with E-state index in [1.807, 2.05) is 26.4 Å². The van der Waals surface area contributed by atoms with Crippen LogP contribution in [-0.2, 0) is 0 Å². The summed E-state index contributed by atoms with van der Waals surface area (Å²) in [6, 6.07) is 4.75. The molecule has 0 radical (unpaired) electrons. The third kappa shape index (κ3) is 3.37. The molecule has 0 aliphatic heterocycles. The SMILES string of the molecule is CC1CCCC(Nc2cccnc2N(C)C)CC1. The lowest BCUT2D eigenvalue weighted by atomic mass is 10.0. The minimum atomic E-state index is 0.609. The van der Waals surface area contributed by atoms with Crippen molar-refractivity contribution >= 4 is 11.5 Å². The fraction of sp³-hybridized carbons (Fsp3) is 0.667. The third-order valence-electron chi connectivity index (χ3n) is 3.83. The van der Waals surface area contributed by atoms with Crippen molar-refractivity contribution in [2.24, 2.45) is 5.92 Å². The van der Waals surface area contributed by atoms with Crippen molar-refractivity contribution in [3.63, 3.8) is 0 Å². The first-order valence-electron chi connectivity index (χ1n) is 7.05. The maximum Gasteiger partial charge on any atom is 0.151 e. The molecule has 1 fully saturated rings. The van der Waals surface area contributed by atoms with E-state index >= 15 is 0 Å². The summed E-state index contributed by atoms with van der Waals surface area (Å²) in [5.41, 5.74) is 1.17. The van der Waals surface area contributed by atoms with Gasteiger partial charge in [0.25, 0.3) is 0 Å². The second-order valence-electron chi connectivity index (χ2n) is 5.72. The van der Waals surface area contributed by atoms with Gasteiger partial charge in [-0.05, 0) is 37.3 Å². The van der Waals surface area contributed by atoms with Crippen LogP contribution >= 0.6 is 0 Å². The van der Waals surface area contributed by atoms with E-state index in [4.69, 9.17) is 0 Å². The Bertz CT molecular complexity index is 376. The maximum absolute atomic E-state index is 4.45.